The van der Waals surface area contributed by atoms with Crippen LogP contribution < -0.4 is 11.2 Å². The summed E-state index contributed by atoms with van der Waals surface area (Å²) in [6.07, 6.45) is -0.362. The van der Waals surface area contributed by atoms with Crippen molar-refractivity contribution in [3.8, 4) is 0 Å². The Balaban J connectivity index is 1.62. The first-order valence-electron chi connectivity index (χ1n) is 9.62. The smallest absolute Gasteiger partial charge is 0.349 e. The van der Waals surface area contributed by atoms with Crippen molar-refractivity contribution < 1.29 is 32.5 Å². The number of carbonyl (C=O) groups excluding carboxylic acids is 2. The second kappa shape index (κ2) is 9.13. The van der Waals surface area contributed by atoms with Crippen LogP contribution in [0, 0.1) is 12.3 Å². The number of thioether (sulfide) groups is 1. The van der Waals surface area contributed by atoms with Crippen molar-refractivity contribution in [1.82, 2.24) is 9.55 Å². The number of aryl methyl sites for hydroxylation is 1. The molecule has 0 spiro atoms. The molecule has 1 aromatic heterocycles. The summed E-state index contributed by atoms with van der Waals surface area (Å²) in [4.78, 5) is 49.3. The van der Waals surface area contributed by atoms with E-state index in [0.717, 1.165) is 11.8 Å². The van der Waals surface area contributed by atoms with Gasteiger partial charge in [-0.2, -0.15) is 0 Å². The van der Waals surface area contributed by atoms with Crippen molar-refractivity contribution >= 4 is 30.5 Å². The molecule has 172 valence electrons. The molecule has 1 N–H and O–H groups in total. The fraction of sp³-hybridized carbons (Fsp3) is 0.667. The van der Waals surface area contributed by atoms with Gasteiger partial charge in [-0.15, -0.1) is 0 Å². The van der Waals surface area contributed by atoms with Crippen LogP contribution in [0.3, 0.4) is 0 Å². The molecule has 2 aliphatic heterocycles. The molecular formula is C18H25N2O9PS. The monoisotopic (exact) mass is 476 g/mol. The van der Waals surface area contributed by atoms with E-state index < -0.39 is 42.9 Å². The number of aromatic nitrogens is 2. The lowest BCUT2D eigenvalue weighted by Crippen LogP contribution is -2.35. The Morgan fingerprint density at radius 1 is 1.35 bits per heavy atom. The van der Waals surface area contributed by atoms with Gasteiger partial charge < -0.3 is 4.74 Å². The van der Waals surface area contributed by atoms with E-state index in [-0.39, 0.29) is 36.3 Å². The number of aromatic amines is 1. The molecule has 0 aromatic carbocycles. The third-order valence-electron chi connectivity index (χ3n) is 5.04. The number of hydrogen-bond donors (Lipinski definition) is 1. The van der Waals surface area contributed by atoms with Gasteiger partial charge in [0.1, 0.15) is 18.4 Å². The molecule has 31 heavy (non-hydrogen) atoms. The van der Waals surface area contributed by atoms with Crippen LogP contribution in [0.5, 0.6) is 0 Å². The van der Waals surface area contributed by atoms with Gasteiger partial charge in [0, 0.05) is 30.5 Å². The maximum Gasteiger partial charge on any atom is 0.475 e. The lowest BCUT2D eigenvalue weighted by molar-refractivity contribution is -0.126. The number of carbonyl (C=O) groups is 2. The minimum absolute atomic E-state index is 0.00867. The molecule has 2 aliphatic rings. The standard InChI is InChI=1S/C18H25N2O9PS/c1-10-6-20(17(24)19-16(10)23)15-5-12-13(28-15)7-26-30(25,29-12)27-9-18(3,4)14(22)8-31-11(2)21/h6,12-13,15H,5,7-9H2,1-4H3,(H,19,23,24)/t12-,13+,15+,30?/m0/s1. The third kappa shape index (κ3) is 5.63. The Kier molecular flexibility index (Phi) is 7.09. The summed E-state index contributed by atoms with van der Waals surface area (Å²) < 4.78 is 36.2. The molecular weight excluding hydrogens is 451 g/mol. The number of ether oxygens (including phenoxy) is 1. The topological polar surface area (TPSA) is 143 Å². The van der Waals surface area contributed by atoms with Crippen molar-refractivity contribution in [3.63, 3.8) is 0 Å². The van der Waals surface area contributed by atoms with E-state index in [2.05, 4.69) is 4.98 Å². The SMILES string of the molecule is CC(=O)SCC(=O)C(C)(C)COP1(=O)OC[C@H]2O[C@@H](n3cc(C)c(=O)[nH]c3=O)C[C@@H]2O1. The predicted molar refractivity (Wildman–Crippen MR) is 111 cm³/mol. The number of nitrogens with zero attached hydrogens (tertiary/aromatic N) is 1. The first-order valence-corrected chi connectivity index (χ1v) is 12.1. The van der Waals surface area contributed by atoms with E-state index in [4.69, 9.17) is 18.3 Å². The van der Waals surface area contributed by atoms with Crippen LogP contribution in [-0.2, 0) is 32.5 Å². The van der Waals surface area contributed by atoms with E-state index in [1.807, 2.05) is 0 Å². The quantitative estimate of drug-likeness (QED) is 0.576. The molecule has 3 rings (SSSR count). The highest BCUT2D eigenvalue weighted by molar-refractivity contribution is 8.14. The van der Waals surface area contributed by atoms with Crippen LogP contribution in [0.15, 0.2) is 15.8 Å². The second-order valence-electron chi connectivity index (χ2n) is 8.09. The lowest BCUT2D eigenvalue weighted by atomic mass is 9.90. The van der Waals surface area contributed by atoms with Gasteiger partial charge in [0.25, 0.3) is 5.56 Å². The normalized spacial score (nSPS) is 28.3. The van der Waals surface area contributed by atoms with Crippen LogP contribution in [0.2, 0.25) is 0 Å². The van der Waals surface area contributed by atoms with E-state index in [1.165, 1.54) is 17.7 Å². The van der Waals surface area contributed by atoms with Gasteiger partial charge in [-0.05, 0) is 6.92 Å². The Hall–Kier alpha value is -1.56. The highest BCUT2D eigenvalue weighted by atomic mass is 32.2. The molecule has 0 amide bonds. The number of ketones is 1. The molecule has 0 saturated carbocycles. The van der Waals surface area contributed by atoms with E-state index in [1.54, 1.807) is 20.8 Å². The molecule has 2 saturated heterocycles. The average molecular weight is 476 g/mol. The summed E-state index contributed by atoms with van der Waals surface area (Å²) in [6.45, 7) is 5.88. The average Bonchev–Trinajstić information content (AvgIpc) is 3.10. The fourth-order valence-electron chi connectivity index (χ4n) is 3.04. The number of nitrogens with one attached hydrogen (secondary N) is 1. The van der Waals surface area contributed by atoms with Crippen molar-refractivity contribution in [2.45, 2.75) is 52.6 Å². The number of H-pyrrole nitrogens is 1. The summed E-state index contributed by atoms with van der Waals surface area (Å²) >= 11 is 0.898. The largest absolute Gasteiger partial charge is 0.475 e. The molecule has 3 heterocycles. The first-order chi connectivity index (χ1) is 14.4. The van der Waals surface area contributed by atoms with Crippen LogP contribution >= 0.6 is 19.6 Å². The molecule has 2 fully saturated rings. The van der Waals surface area contributed by atoms with Crippen molar-refractivity contribution in [1.29, 1.82) is 0 Å². The van der Waals surface area contributed by atoms with E-state index in [0.29, 0.717) is 5.56 Å². The maximum absolute atomic E-state index is 12.9. The van der Waals surface area contributed by atoms with Gasteiger partial charge >= 0.3 is 13.5 Å². The first kappa shape index (κ1) is 24.1. The minimum Gasteiger partial charge on any atom is -0.349 e. The van der Waals surface area contributed by atoms with Crippen LogP contribution in [-0.4, -0.2) is 51.6 Å². The highest BCUT2D eigenvalue weighted by Crippen LogP contribution is 2.57. The summed E-state index contributed by atoms with van der Waals surface area (Å²) in [6, 6.07) is 0. The molecule has 13 heteroatoms. The Bertz CT molecular complexity index is 1030. The van der Waals surface area contributed by atoms with E-state index in [9.17, 15) is 23.7 Å². The molecule has 0 bridgehead atoms. The Morgan fingerprint density at radius 2 is 2.06 bits per heavy atom. The Morgan fingerprint density at radius 3 is 2.74 bits per heavy atom. The molecule has 0 aliphatic carbocycles. The number of phosphoric acid groups is 1. The molecule has 11 nitrogen and oxygen atoms in total. The maximum atomic E-state index is 12.9. The zero-order valence-corrected chi connectivity index (χ0v) is 19.3. The molecule has 0 radical (unpaired) electrons. The summed E-state index contributed by atoms with van der Waals surface area (Å²) in [5.41, 5.74) is -1.76. The molecule has 1 aromatic rings. The van der Waals surface area contributed by atoms with Gasteiger partial charge in [-0.3, -0.25) is 37.5 Å². The zero-order valence-electron chi connectivity index (χ0n) is 17.6. The van der Waals surface area contributed by atoms with Gasteiger partial charge in [0.2, 0.25) is 0 Å². The second-order valence-corrected chi connectivity index (χ2v) is 10.9. The molecule has 4 atom stereocenters. The number of rotatable bonds is 7. The predicted octanol–water partition coefficient (Wildman–Crippen LogP) is 1.55. The number of hydrogen-bond acceptors (Lipinski definition) is 10. The van der Waals surface area contributed by atoms with Crippen molar-refractivity contribution in [3.05, 3.63) is 32.6 Å². The number of fused-ring (bicyclic) bond motifs is 1. The third-order valence-corrected chi connectivity index (χ3v) is 7.30. The molecule has 1 unspecified atom stereocenters. The fourth-order valence-corrected chi connectivity index (χ4v) is 5.33. The minimum atomic E-state index is -3.96. The van der Waals surface area contributed by atoms with Crippen LogP contribution in [0.25, 0.3) is 0 Å². The van der Waals surface area contributed by atoms with E-state index >= 15 is 0 Å². The summed E-state index contributed by atoms with van der Waals surface area (Å²) in [5.74, 6) is -0.239. The van der Waals surface area contributed by atoms with Crippen LogP contribution in [0.1, 0.15) is 39.0 Å². The van der Waals surface area contributed by atoms with Crippen molar-refractivity contribution in [2.24, 2.45) is 5.41 Å². The summed E-state index contributed by atoms with van der Waals surface area (Å²) in [7, 11) is -3.96. The highest BCUT2D eigenvalue weighted by Gasteiger charge is 2.48. The van der Waals surface area contributed by atoms with Gasteiger partial charge in [0.15, 0.2) is 10.9 Å². The number of phosphoric ester groups is 1. The van der Waals surface area contributed by atoms with Crippen molar-refractivity contribution in [2.75, 3.05) is 19.0 Å². The van der Waals surface area contributed by atoms with Gasteiger partial charge in [-0.25, -0.2) is 9.36 Å². The van der Waals surface area contributed by atoms with Gasteiger partial charge in [-0.1, -0.05) is 25.6 Å². The zero-order chi connectivity index (χ0) is 23.0. The van der Waals surface area contributed by atoms with Gasteiger partial charge in [0.05, 0.1) is 19.0 Å². The Labute approximate surface area is 182 Å². The number of Topliss-reactive ketones (excluding diaryl/α,β-unsaturated/α-hetero) is 1. The summed E-state index contributed by atoms with van der Waals surface area (Å²) in [5, 5.41) is -0.171. The van der Waals surface area contributed by atoms with Crippen LogP contribution in [0.4, 0.5) is 0 Å². The lowest BCUT2D eigenvalue weighted by Gasteiger charge is -2.32.